The molecule has 0 aliphatic carbocycles. The number of nitrogens with one attached hydrogen (secondary N) is 1. The van der Waals surface area contributed by atoms with Gasteiger partial charge in [0.2, 0.25) is 0 Å². The van der Waals surface area contributed by atoms with Gasteiger partial charge in [0.25, 0.3) is 0 Å². The van der Waals surface area contributed by atoms with E-state index < -0.39 is 23.5 Å². The number of alkyl halides is 6. The molecule has 25 heavy (non-hydrogen) atoms. The Morgan fingerprint density at radius 2 is 1.48 bits per heavy atom. The van der Waals surface area contributed by atoms with Gasteiger partial charge in [-0.2, -0.15) is 26.3 Å². The normalized spacial score (nSPS) is 12.2. The molecule has 3 rings (SSSR count). The van der Waals surface area contributed by atoms with Crippen LogP contribution >= 0.6 is 12.4 Å². The average molecular weight is 379 g/mol. The smallest absolute Gasteiger partial charge is 0.361 e. The molecule has 2 aromatic carbocycles. The Labute approximate surface area is 145 Å². The van der Waals surface area contributed by atoms with Gasteiger partial charge >= 0.3 is 12.4 Å². The lowest BCUT2D eigenvalue weighted by molar-refractivity contribution is -0.143. The first kappa shape index (κ1) is 19.2. The lowest BCUT2D eigenvalue weighted by Gasteiger charge is -2.15. The third-order valence-electron chi connectivity index (χ3n) is 3.62. The van der Waals surface area contributed by atoms with E-state index in [0.29, 0.717) is 17.0 Å². The van der Waals surface area contributed by atoms with Gasteiger partial charge in [0.05, 0.1) is 11.1 Å². The SMILES string of the molecule is Cl.FC(F)(F)c1ccc([CH]c2c[nH]c3ccccc23)c(C(F)(F)F)c1. The molecular formula is C17H11ClF6N. The Balaban J connectivity index is 0.00000225. The summed E-state index contributed by atoms with van der Waals surface area (Å²) < 4.78 is 77.6. The van der Waals surface area contributed by atoms with Gasteiger partial charge in [0.1, 0.15) is 0 Å². The largest absolute Gasteiger partial charge is 0.416 e. The highest BCUT2D eigenvalue weighted by Gasteiger charge is 2.38. The van der Waals surface area contributed by atoms with Gasteiger partial charge in [-0.15, -0.1) is 12.4 Å². The lowest BCUT2D eigenvalue weighted by Crippen LogP contribution is -2.13. The van der Waals surface area contributed by atoms with Crippen molar-refractivity contribution in [2.24, 2.45) is 0 Å². The number of hydrogen-bond acceptors (Lipinski definition) is 0. The second-order valence-electron chi connectivity index (χ2n) is 5.23. The minimum absolute atomic E-state index is 0. The molecule has 0 amide bonds. The van der Waals surface area contributed by atoms with Gasteiger partial charge in [-0.1, -0.05) is 24.3 Å². The number of aromatic amines is 1. The highest BCUT2D eigenvalue weighted by Crippen LogP contribution is 2.38. The molecule has 0 atom stereocenters. The fourth-order valence-corrected chi connectivity index (χ4v) is 2.48. The maximum Gasteiger partial charge on any atom is 0.416 e. The maximum absolute atomic E-state index is 13.2. The molecule has 0 unspecified atom stereocenters. The molecule has 1 radical (unpaired) electrons. The summed E-state index contributed by atoms with van der Waals surface area (Å²) in [5.41, 5.74) is -1.77. The zero-order chi connectivity index (χ0) is 17.5. The zero-order valence-corrected chi connectivity index (χ0v) is 13.2. The van der Waals surface area contributed by atoms with Crippen molar-refractivity contribution in [1.82, 2.24) is 4.98 Å². The standard InChI is InChI=1S/C17H10F6N.ClH/c18-16(19,20)12-6-5-10(14(8-12)17(21,22)23)7-11-9-24-15-4-2-1-3-13(11)15;/h1-9,24H;1H. The number of hydrogen-bond donors (Lipinski definition) is 1. The molecule has 1 heterocycles. The third-order valence-corrected chi connectivity index (χ3v) is 3.62. The number of aromatic nitrogens is 1. The Kier molecular flexibility index (Phi) is 5.09. The molecule has 0 bridgehead atoms. The summed E-state index contributed by atoms with van der Waals surface area (Å²) >= 11 is 0. The Hall–Kier alpha value is -2.15. The van der Waals surface area contributed by atoms with Gasteiger partial charge in [-0.3, -0.25) is 0 Å². The van der Waals surface area contributed by atoms with Crippen molar-refractivity contribution in [3.63, 3.8) is 0 Å². The van der Waals surface area contributed by atoms with Crippen molar-refractivity contribution < 1.29 is 26.3 Å². The molecule has 0 saturated heterocycles. The highest BCUT2D eigenvalue weighted by atomic mass is 35.5. The molecule has 0 fully saturated rings. The Morgan fingerprint density at radius 1 is 0.800 bits per heavy atom. The summed E-state index contributed by atoms with van der Waals surface area (Å²) in [4.78, 5) is 2.91. The van der Waals surface area contributed by atoms with Crippen molar-refractivity contribution >= 4 is 23.3 Å². The molecule has 0 spiro atoms. The molecule has 8 heteroatoms. The first-order chi connectivity index (χ1) is 11.2. The number of H-pyrrole nitrogens is 1. The number of para-hydroxylation sites is 1. The highest BCUT2D eigenvalue weighted by molar-refractivity contribution is 5.85. The van der Waals surface area contributed by atoms with E-state index in [0.717, 1.165) is 11.6 Å². The van der Waals surface area contributed by atoms with E-state index in [-0.39, 0.29) is 24.0 Å². The summed E-state index contributed by atoms with van der Waals surface area (Å²) in [5, 5.41) is 0.686. The number of rotatable bonds is 2. The van der Waals surface area contributed by atoms with Gasteiger partial charge in [-0.25, -0.2) is 0 Å². The van der Waals surface area contributed by atoms with E-state index in [9.17, 15) is 26.3 Å². The van der Waals surface area contributed by atoms with Crippen LogP contribution in [-0.2, 0) is 12.4 Å². The van der Waals surface area contributed by atoms with Crippen LogP contribution in [0.3, 0.4) is 0 Å². The van der Waals surface area contributed by atoms with E-state index in [1.807, 2.05) is 0 Å². The molecule has 0 saturated carbocycles. The summed E-state index contributed by atoms with van der Waals surface area (Å²) in [5.74, 6) is 0. The molecule has 133 valence electrons. The summed E-state index contributed by atoms with van der Waals surface area (Å²) in [7, 11) is 0. The molecule has 1 aromatic heterocycles. The van der Waals surface area contributed by atoms with Gasteiger partial charge < -0.3 is 4.98 Å². The number of fused-ring (bicyclic) bond motifs is 1. The monoisotopic (exact) mass is 378 g/mol. The molecule has 0 aliphatic heterocycles. The molecule has 3 aromatic rings. The van der Waals surface area contributed by atoms with Crippen molar-refractivity contribution in [2.45, 2.75) is 12.4 Å². The van der Waals surface area contributed by atoms with Crippen molar-refractivity contribution in [1.29, 1.82) is 0 Å². The van der Waals surface area contributed by atoms with Crippen molar-refractivity contribution in [2.75, 3.05) is 0 Å². The van der Waals surface area contributed by atoms with Crippen LogP contribution in [0, 0.1) is 6.42 Å². The molecule has 1 nitrogen and oxygen atoms in total. The first-order valence-corrected chi connectivity index (χ1v) is 6.85. The molecule has 0 aliphatic rings. The van der Waals surface area contributed by atoms with E-state index in [1.54, 1.807) is 24.3 Å². The minimum Gasteiger partial charge on any atom is -0.361 e. The molecule has 1 N–H and O–H groups in total. The predicted octanol–water partition coefficient (Wildman–Crippen LogP) is 6.23. The van der Waals surface area contributed by atoms with Gasteiger partial charge in [-0.05, 0) is 29.3 Å². The maximum atomic E-state index is 13.2. The van der Waals surface area contributed by atoms with Crippen molar-refractivity contribution in [3.05, 3.63) is 77.3 Å². The van der Waals surface area contributed by atoms with Crippen LogP contribution in [0.4, 0.5) is 26.3 Å². The summed E-state index contributed by atoms with van der Waals surface area (Å²) in [6.45, 7) is 0. The van der Waals surface area contributed by atoms with Crippen LogP contribution in [0.1, 0.15) is 22.3 Å². The topological polar surface area (TPSA) is 15.8 Å². The van der Waals surface area contributed by atoms with E-state index in [2.05, 4.69) is 4.98 Å². The van der Waals surface area contributed by atoms with E-state index >= 15 is 0 Å². The third kappa shape index (κ3) is 3.92. The Morgan fingerprint density at radius 3 is 2.12 bits per heavy atom. The van der Waals surface area contributed by atoms with Gasteiger partial charge in [0, 0.05) is 23.5 Å². The first-order valence-electron chi connectivity index (χ1n) is 6.85. The van der Waals surface area contributed by atoms with Crippen LogP contribution < -0.4 is 0 Å². The predicted molar refractivity (Wildman–Crippen MR) is 84.5 cm³/mol. The van der Waals surface area contributed by atoms with Crippen LogP contribution in [0.25, 0.3) is 10.9 Å². The second-order valence-corrected chi connectivity index (χ2v) is 5.23. The van der Waals surface area contributed by atoms with E-state index in [4.69, 9.17) is 0 Å². The average Bonchev–Trinajstić information content (AvgIpc) is 2.89. The lowest BCUT2D eigenvalue weighted by atomic mass is 9.97. The fourth-order valence-electron chi connectivity index (χ4n) is 2.48. The Bertz CT molecular complexity index is 879. The minimum atomic E-state index is -4.89. The second kappa shape index (κ2) is 6.63. The van der Waals surface area contributed by atoms with Gasteiger partial charge in [0.15, 0.2) is 0 Å². The summed E-state index contributed by atoms with van der Waals surface area (Å²) in [6, 6.07) is 8.59. The van der Waals surface area contributed by atoms with Crippen LogP contribution in [0.5, 0.6) is 0 Å². The van der Waals surface area contributed by atoms with Crippen LogP contribution in [-0.4, -0.2) is 4.98 Å². The number of benzene rings is 2. The number of halogens is 7. The molecular weight excluding hydrogens is 368 g/mol. The quantitative estimate of drug-likeness (QED) is 0.509. The zero-order valence-electron chi connectivity index (χ0n) is 12.4. The summed E-state index contributed by atoms with van der Waals surface area (Å²) in [6.07, 6.45) is -6.98. The van der Waals surface area contributed by atoms with E-state index in [1.165, 1.54) is 12.6 Å². The van der Waals surface area contributed by atoms with Crippen molar-refractivity contribution in [3.8, 4) is 0 Å². The van der Waals surface area contributed by atoms with Crippen LogP contribution in [0.15, 0.2) is 48.7 Å². The van der Waals surface area contributed by atoms with Crippen LogP contribution in [0.2, 0.25) is 0 Å². The fraction of sp³-hybridized carbons (Fsp3) is 0.118.